The van der Waals surface area contributed by atoms with E-state index >= 15 is 0 Å². The summed E-state index contributed by atoms with van der Waals surface area (Å²) in [6.45, 7) is 1.08. The number of esters is 1. The lowest BCUT2D eigenvalue weighted by molar-refractivity contribution is -0.137. The number of hydrogen-bond donors (Lipinski definition) is 7. The van der Waals surface area contributed by atoms with Gasteiger partial charge in [0.1, 0.15) is 11.4 Å². The number of carbonyl (C=O) groups excluding carboxylic acids is 4. The summed E-state index contributed by atoms with van der Waals surface area (Å²) in [5, 5.41) is 32.8. The monoisotopic (exact) mass is 886 g/mol. The molecule has 18 nitrogen and oxygen atoms in total. The van der Waals surface area contributed by atoms with E-state index in [9.17, 15) is 47.0 Å². The second-order valence-corrected chi connectivity index (χ2v) is 13.9. The zero-order valence-electron chi connectivity index (χ0n) is 33.8. The fraction of sp³-hybridized carbons (Fsp3) is 0.0909. The number of amides is 2. The van der Waals surface area contributed by atoms with Crippen molar-refractivity contribution in [3.8, 4) is 5.75 Å². The van der Waals surface area contributed by atoms with E-state index in [4.69, 9.17) is 4.74 Å². The van der Waals surface area contributed by atoms with Gasteiger partial charge in [0.25, 0.3) is 11.8 Å². The van der Waals surface area contributed by atoms with Gasteiger partial charge in [-0.15, -0.1) is 10.2 Å². The maximum absolute atomic E-state index is 13.1. The summed E-state index contributed by atoms with van der Waals surface area (Å²) in [5.41, 5.74) is 0.921. The maximum Gasteiger partial charge on any atom is 0.418 e. The summed E-state index contributed by atoms with van der Waals surface area (Å²) in [6.07, 6.45) is -4.66. The van der Waals surface area contributed by atoms with Gasteiger partial charge >= 0.3 is 23.5 Å². The van der Waals surface area contributed by atoms with Crippen LogP contribution in [0.3, 0.4) is 0 Å². The highest BCUT2D eigenvalue weighted by atomic mass is 19.4. The van der Waals surface area contributed by atoms with Gasteiger partial charge in [0.2, 0.25) is 6.04 Å². The Morgan fingerprint density at radius 1 is 0.662 bits per heavy atom. The smallest absolute Gasteiger partial charge is 0.418 e. The first kappa shape index (κ1) is 44.1. The summed E-state index contributed by atoms with van der Waals surface area (Å²) in [7, 11) is 1.27. The molecule has 1 atom stereocenters. The zero-order chi connectivity index (χ0) is 46.4. The number of Topliss-reactive ketones (excluding diaryl/α,β-unsaturated/α-hetero) is 1. The van der Waals surface area contributed by atoms with Crippen LogP contribution in [0.25, 0.3) is 32.8 Å². The molecule has 0 saturated heterocycles. The lowest BCUT2D eigenvalue weighted by Crippen LogP contribution is -2.31. The Bertz CT molecular complexity index is 3330. The molecule has 1 unspecified atom stereocenters. The molecule has 0 aliphatic carbocycles. The molecule has 6 aromatic carbocycles. The molecule has 8 rings (SSSR count). The largest absolute Gasteiger partial charge is 0.505 e. The zero-order valence-corrected chi connectivity index (χ0v) is 33.8. The van der Waals surface area contributed by atoms with Crippen LogP contribution < -0.4 is 22.0 Å². The highest BCUT2D eigenvalue weighted by Gasteiger charge is 2.34. The lowest BCUT2D eigenvalue weighted by Gasteiger charge is -2.11. The fourth-order valence-corrected chi connectivity index (χ4v) is 6.41. The van der Waals surface area contributed by atoms with Crippen molar-refractivity contribution < 1.29 is 42.2 Å². The molecule has 2 amide bonds. The van der Waals surface area contributed by atoms with E-state index in [0.29, 0.717) is 38.5 Å². The number of azo groups is 2. The van der Waals surface area contributed by atoms with Crippen LogP contribution in [0, 0.1) is 0 Å². The number of aromatic hydroxyl groups is 1. The Labute approximate surface area is 362 Å². The molecule has 2 heterocycles. The summed E-state index contributed by atoms with van der Waals surface area (Å²) < 4.78 is 43.9. The first-order chi connectivity index (χ1) is 31.1. The SMILES string of the molecule is CC(=O)C(N=Nc1ccccc1C(F)(F)F)C(=O)Nc1ccc2[nH]c(=O)[nH]c2c1.COC(=O)c1ccccc1N=Nc1c(O)c(C(=O)Nc2ccc3[nH]c(=O)[nH]c3c2)cc2ccccc12. The van der Waals surface area contributed by atoms with Crippen LogP contribution in [0.15, 0.2) is 145 Å². The number of benzene rings is 6. The van der Waals surface area contributed by atoms with E-state index in [1.807, 2.05) is 0 Å². The van der Waals surface area contributed by atoms with Gasteiger partial charge in [-0.05, 0) is 79.0 Å². The van der Waals surface area contributed by atoms with Crippen LogP contribution in [0.4, 0.5) is 41.6 Å². The van der Waals surface area contributed by atoms with E-state index in [0.717, 1.165) is 19.1 Å². The number of nitrogens with one attached hydrogen (secondary N) is 6. The van der Waals surface area contributed by atoms with Crippen LogP contribution in [-0.2, 0) is 20.5 Å². The number of rotatable bonds is 10. The van der Waals surface area contributed by atoms with Crippen molar-refractivity contribution in [1.29, 1.82) is 0 Å². The van der Waals surface area contributed by atoms with Gasteiger partial charge in [0.15, 0.2) is 11.5 Å². The predicted octanol–water partition coefficient (Wildman–Crippen LogP) is 8.72. The van der Waals surface area contributed by atoms with Crippen molar-refractivity contribution in [2.24, 2.45) is 20.5 Å². The normalized spacial score (nSPS) is 12.0. The number of phenolic OH excluding ortho intramolecular Hbond substituents is 1. The molecule has 0 fully saturated rings. The standard InChI is InChI=1S/C26H19N5O5.C18H14F3N5O3/c1-36-25(34)17-8-4-5-9-19(17)30-31-22-16-7-3-2-6-14(16)12-18(23(22)32)24(33)27-15-10-11-20-21(13-15)29-26(35)28-20;1-9(27)15(26-25-12-5-3-2-4-11(12)18(19,20)21)16(28)22-10-6-7-13-14(8-10)24-17(29)23-13/h2-13,32H,1H3,(H,27,33)(H2,28,29,35);2-8,15H,1H3,(H,22,28)(H2,23,24,29). The van der Waals surface area contributed by atoms with E-state index in [-0.39, 0.29) is 39.6 Å². The van der Waals surface area contributed by atoms with Gasteiger partial charge in [-0.25, -0.2) is 14.4 Å². The Morgan fingerprint density at radius 3 is 1.86 bits per heavy atom. The Hall–Kier alpha value is -9.01. The minimum atomic E-state index is -4.66. The summed E-state index contributed by atoms with van der Waals surface area (Å²) >= 11 is 0. The van der Waals surface area contributed by atoms with Gasteiger partial charge in [0, 0.05) is 16.8 Å². The Morgan fingerprint density at radius 2 is 1.23 bits per heavy atom. The third-order valence-corrected chi connectivity index (χ3v) is 9.49. The quantitative estimate of drug-likeness (QED) is 0.0395. The van der Waals surface area contributed by atoms with Crippen LogP contribution in [0.2, 0.25) is 0 Å². The van der Waals surface area contributed by atoms with Gasteiger partial charge in [-0.1, -0.05) is 48.5 Å². The number of methoxy groups -OCH3 is 1. The number of aromatic nitrogens is 4. The number of carbonyl (C=O) groups is 4. The number of imidazole rings is 2. The van der Waals surface area contributed by atoms with Crippen molar-refractivity contribution in [2.45, 2.75) is 19.1 Å². The number of phenols is 1. The third kappa shape index (κ3) is 10.0. The number of hydrogen-bond acceptors (Lipinski definition) is 12. The van der Waals surface area contributed by atoms with Crippen molar-refractivity contribution in [2.75, 3.05) is 17.7 Å². The summed E-state index contributed by atoms with van der Waals surface area (Å²) in [5.74, 6) is -3.11. The summed E-state index contributed by atoms with van der Waals surface area (Å²) in [6, 6.07) is 27.3. The van der Waals surface area contributed by atoms with Gasteiger partial charge in [-0.2, -0.15) is 23.4 Å². The number of anilines is 2. The number of nitrogens with zero attached hydrogens (tertiary/aromatic N) is 4. The molecule has 7 N–H and O–H groups in total. The number of aromatic amines is 4. The molecular formula is C44H33F3N10O8. The molecule has 8 aromatic rings. The number of halogens is 3. The van der Waals surface area contributed by atoms with Gasteiger partial charge in [-0.3, -0.25) is 14.4 Å². The van der Waals surface area contributed by atoms with Crippen LogP contribution in [0.1, 0.15) is 33.2 Å². The first-order valence-corrected chi connectivity index (χ1v) is 19.1. The van der Waals surface area contributed by atoms with E-state index in [2.05, 4.69) is 51.0 Å². The third-order valence-electron chi connectivity index (χ3n) is 9.49. The minimum absolute atomic E-state index is 0.0217. The van der Waals surface area contributed by atoms with E-state index in [1.165, 1.54) is 37.4 Å². The van der Waals surface area contributed by atoms with Crippen molar-refractivity contribution >= 4 is 84.8 Å². The molecule has 0 spiro atoms. The highest BCUT2D eigenvalue weighted by Crippen LogP contribution is 2.40. The average Bonchev–Trinajstić information content (AvgIpc) is 3.85. The van der Waals surface area contributed by atoms with E-state index < -0.39 is 52.7 Å². The Balaban J connectivity index is 0.000000199. The van der Waals surface area contributed by atoms with Gasteiger partial charge < -0.3 is 40.4 Å². The summed E-state index contributed by atoms with van der Waals surface area (Å²) in [4.78, 5) is 82.6. The van der Waals surface area contributed by atoms with Crippen LogP contribution >= 0.6 is 0 Å². The minimum Gasteiger partial charge on any atom is -0.505 e. The lowest BCUT2D eigenvalue weighted by atomic mass is 10.0. The molecule has 0 bridgehead atoms. The number of alkyl halides is 3. The second-order valence-electron chi connectivity index (χ2n) is 13.9. The van der Waals surface area contributed by atoms with Crippen LogP contribution in [0.5, 0.6) is 5.75 Å². The molecule has 328 valence electrons. The molecule has 0 aliphatic heterocycles. The maximum atomic E-state index is 13.1. The molecule has 2 aromatic heterocycles. The van der Waals surface area contributed by atoms with Crippen molar-refractivity contribution in [1.82, 2.24) is 19.9 Å². The van der Waals surface area contributed by atoms with Crippen molar-refractivity contribution in [3.63, 3.8) is 0 Å². The Kier molecular flexibility index (Phi) is 12.6. The number of ketones is 1. The van der Waals surface area contributed by atoms with Crippen molar-refractivity contribution in [3.05, 3.63) is 153 Å². The number of fused-ring (bicyclic) bond motifs is 3. The average molecular weight is 887 g/mol. The van der Waals surface area contributed by atoms with Crippen LogP contribution in [-0.4, -0.2) is 61.8 Å². The highest BCUT2D eigenvalue weighted by molar-refractivity contribution is 6.12. The predicted molar refractivity (Wildman–Crippen MR) is 232 cm³/mol. The van der Waals surface area contributed by atoms with Gasteiger partial charge in [0.05, 0.1) is 51.6 Å². The molecular weight excluding hydrogens is 854 g/mol. The molecule has 65 heavy (non-hydrogen) atoms. The second kappa shape index (κ2) is 18.5. The molecule has 0 saturated carbocycles. The van der Waals surface area contributed by atoms with E-state index in [1.54, 1.807) is 72.8 Å². The molecule has 0 radical (unpaired) electrons. The first-order valence-electron chi connectivity index (χ1n) is 19.1. The number of ether oxygens (including phenoxy) is 1. The molecule has 0 aliphatic rings. The number of H-pyrrole nitrogens is 4. The topological polar surface area (TPSA) is 269 Å². The molecule has 21 heteroatoms. The fourth-order valence-electron chi connectivity index (χ4n) is 6.41.